The first-order chi connectivity index (χ1) is 10.1. The van der Waals surface area contributed by atoms with Crippen molar-refractivity contribution < 1.29 is 5.11 Å². The molecular formula is C16H22N4O. The molecule has 112 valence electrons. The maximum atomic E-state index is 10.7. The smallest absolute Gasteiger partial charge is 0.222 e. The summed E-state index contributed by atoms with van der Waals surface area (Å²) in [4.78, 5) is 8.50. The fourth-order valence-corrected chi connectivity index (χ4v) is 3.27. The molecule has 1 aromatic heterocycles. The van der Waals surface area contributed by atoms with E-state index in [-0.39, 0.29) is 5.95 Å². The molecule has 4 N–H and O–H groups in total. The minimum Gasteiger partial charge on any atom is -0.388 e. The Balaban J connectivity index is 1.82. The van der Waals surface area contributed by atoms with Crippen LogP contribution in [-0.4, -0.2) is 27.2 Å². The topological polar surface area (TPSA) is 84.1 Å². The Morgan fingerprint density at radius 3 is 3.00 bits per heavy atom. The van der Waals surface area contributed by atoms with Crippen molar-refractivity contribution in [3.63, 3.8) is 0 Å². The van der Waals surface area contributed by atoms with Gasteiger partial charge in [-0.3, -0.25) is 0 Å². The Labute approximate surface area is 124 Å². The van der Waals surface area contributed by atoms with E-state index in [0.29, 0.717) is 18.3 Å². The molecule has 3 rings (SSSR count). The lowest BCUT2D eigenvalue weighted by atomic mass is 9.79. The van der Waals surface area contributed by atoms with Crippen molar-refractivity contribution in [3.05, 3.63) is 24.3 Å². The monoisotopic (exact) mass is 286 g/mol. The van der Waals surface area contributed by atoms with Crippen molar-refractivity contribution >= 4 is 22.7 Å². The third-order valence-electron chi connectivity index (χ3n) is 4.27. The van der Waals surface area contributed by atoms with Crippen LogP contribution in [-0.2, 0) is 0 Å². The molecule has 1 aromatic carbocycles. The zero-order valence-electron chi connectivity index (χ0n) is 12.3. The predicted octanol–water partition coefficient (Wildman–Crippen LogP) is 2.57. The van der Waals surface area contributed by atoms with Gasteiger partial charge in [-0.25, -0.2) is 4.98 Å². The second-order valence-electron chi connectivity index (χ2n) is 6.23. The van der Waals surface area contributed by atoms with E-state index in [4.69, 9.17) is 5.73 Å². The molecule has 5 heteroatoms. The van der Waals surface area contributed by atoms with E-state index in [1.165, 1.54) is 6.42 Å². The van der Waals surface area contributed by atoms with E-state index >= 15 is 0 Å². The molecule has 2 atom stereocenters. The quantitative estimate of drug-likeness (QED) is 0.807. The number of hydrogen-bond acceptors (Lipinski definition) is 5. The summed E-state index contributed by atoms with van der Waals surface area (Å²) in [6.45, 7) is 2.69. The number of rotatable bonds is 3. The standard InChI is InChI=1S/C16H22N4O/c1-11-5-4-8-16(21,9-11)10-18-14-12-6-2-3-7-13(12)19-15(17)20-14/h2-3,6-7,11,21H,4-5,8-10H2,1H3,(H3,17,18,19,20). The van der Waals surface area contributed by atoms with Gasteiger partial charge in [0.05, 0.1) is 11.1 Å². The Kier molecular flexibility index (Phi) is 3.68. The van der Waals surface area contributed by atoms with Gasteiger partial charge in [0, 0.05) is 11.9 Å². The van der Waals surface area contributed by atoms with Crippen molar-refractivity contribution in [2.75, 3.05) is 17.6 Å². The fourth-order valence-electron chi connectivity index (χ4n) is 3.27. The second-order valence-corrected chi connectivity index (χ2v) is 6.23. The molecule has 0 bridgehead atoms. The van der Waals surface area contributed by atoms with E-state index < -0.39 is 5.60 Å². The van der Waals surface area contributed by atoms with Crippen LogP contribution in [0.3, 0.4) is 0 Å². The van der Waals surface area contributed by atoms with Crippen LogP contribution in [0.5, 0.6) is 0 Å². The Bertz CT molecular complexity index is 645. The number of para-hydroxylation sites is 1. The molecule has 2 aromatic rings. The number of benzene rings is 1. The van der Waals surface area contributed by atoms with Gasteiger partial charge in [0.15, 0.2) is 0 Å². The first-order valence-corrected chi connectivity index (χ1v) is 7.54. The summed E-state index contributed by atoms with van der Waals surface area (Å²) < 4.78 is 0. The summed E-state index contributed by atoms with van der Waals surface area (Å²) in [6.07, 6.45) is 3.94. The molecule has 1 aliphatic carbocycles. The third-order valence-corrected chi connectivity index (χ3v) is 4.27. The van der Waals surface area contributed by atoms with Crippen molar-refractivity contribution in [2.24, 2.45) is 5.92 Å². The SMILES string of the molecule is CC1CCCC(O)(CNc2nc(N)nc3ccccc23)C1. The van der Waals surface area contributed by atoms with Crippen molar-refractivity contribution in [3.8, 4) is 0 Å². The van der Waals surface area contributed by atoms with Gasteiger partial charge in [0.2, 0.25) is 5.95 Å². The van der Waals surface area contributed by atoms with Crippen LogP contribution in [0.1, 0.15) is 32.6 Å². The van der Waals surface area contributed by atoms with Crippen LogP contribution in [0.2, 0.25) is 0 Å². The molecule has 0 saturated heterocycles. The summed E-state index contributed by atoms with van der Waals surface area (Å²) in [5.41, 5.74) is 5.93. The van der Waals surface area contributed by atoms with Gasteiger partial charge >= 0.3 is 0 Å². The molecule has 1 fully saturated rings. The van der Waals surface area contributed by atoms with Gasteiger partial charge in [0.25, 0.3) is 0 Å². The lowest BCUT2D eigenvalue weighted by molar-refractivity contribution is -0.000801. The zero-order chi connectivity index (χ0) is 14.9. The minimum absolute atomic E-state index is 0.250. The largest absolute Gasteiger partial charge is 0.388 e. The highest BCUT2D eigenvalue weighted by molar-refractivity contribution is 5.89. The normalized spacial score (nSPS) is 25.9. The van der Waals surface area contributed by atoms with Crippen LogP contribution in [0.15, 0.2) is 24.3 Å². The highest BCUT2D eigenvalue weighted by Gasteiger charge is 2.32. The molecular weight excluding hydrogens is 264 g/mol. The van der Waals surface area contributed by atoms with E-state index in [1.54, 1.807) is 0 Å². The summed E-state index contributed by atoms with van der Waals surface area (Å²) in [6, 6.07) is 7.75. The average molecular weight is 286 g/mol. The lowest BCUT2D eigenvalue weighted by Crippen LogP contribution is -2.41. The molecule has 0 spiro atoms. The molecule has 0 radical (unpaired) electrons. The zero-order valence-corrected chi connectivity index (χ0v) is 12.3. The number of nitrogens with zero attached hydrogens (tertiary/aromatic N) is 2. The van der Waals surface area contributed by atoms with E-state index in [2.05, 4.69) is 22.2 Å². The molecule has 0 amide bonds. The van der Waals surface area contributed by atoms with Crippen LogP contribution >= 0.6 is 0 Å². The predicted molar refractivity (Wildman–Crippen MR) is 85.0 cm³/mol. The highest BCUT2D eigenvalue weighted by atomic mass is 16.3. The lowest BCUT2D eigenvalue weighted by Gasteiger charge is -2.35. The first kappa shape index (κ1) is 14.1. The molecule has 1 aliphatic rings. The van der Waals surface area contributed by atoms with Crippen LogP contribution in [0.25, 0.3) is 10.9 Å². The van der Waals surface area contributed by atoms with Crippen molar-refractivity contribution in [1.82, 2.24) is 9.97 Å². The molecule has 5 nitrogen and oxygen atoms in total. The van der Waals surface area contributed by atoms with E-state index in [0.717, 1.165) is 30.2 Å². The minimum atomic E-state index is -0.654. The summed E-state index contributed by atoms with van der Waals surface area (Å²) in [5, 5.41) is 14.9. The van der Waals surface area contributed by atoms with Crippen LogP contribution in [0.4, 0.5) is 11.8 Å². The average Bonchev–Trinajstić information content (AvgIpc) is 2.44. The van der Waals surface area contributed by atoms with Crippen LogP contribution < -0.4 is 11.1 Å². The molecule has 0 aliphatic heterocycles. The summed E-state index contributed by atoms with van der Waals surface area (Å²) >= 11 is 0. The maximum absolute atomic E-state index is 10.7. The second kappa shape index (κ2) is 5.48. The number of aromatic nitrogens is 2. The van der Waals surface area contributed by atoms with Gasteiger partial charge in [-0.2, -0.15) is 4.98 Å². The number of fused-ring (bicyclic) bond motifs is 1. The summed E-state index contributed by atoms with van der Waals surface area (Å²) in [5.74, 6) is 1.52. The molecule has 1 saturated carbocycles. The molecule has 1 heterocycles. The number of nitrogens with two attached hydrogens (primary N) is 1. The van der Waals surface area contributed by atoms with Crippen LogP contribution in [0, 0.1) is 5.92 Å². The van der Waals surface area contributed by atoms with Gasteiger partial charge in [-0.15, -0.1) is 0 Å². The van der Waals surface area contributed by atoms with E-state index in [1.807, 2.05) is 24.3 Å². The number of nitrogens with one attached hydrogen (secondary N) is 1. The molecule has 2 unspecified atom stereocenters. The highest BCUT2D eigenvalue weighted by Crippen LogP contribution is 2.32. The van der Waals surface area contributed by atoms with Crippen molar-refractivity contribution in [2.45, 2.75) is 38.2 Å². The van der Waals surface area contributed by atoms with Gasteiger partial charge in [-0.1, -0.05) is 31.9 Å². The maximum Gasteiger partial charge on any atom is 0.222 e. The Hall–Kier alpha value is -1.88. The number of aliphatic hydroxyl groups is 1. The number of hydrogen-bond donors (Lipinski definition) is 3. The Morgan fingerprint density at radius 2 is 2.19 bits per heavy atom. The first-order valence-electron chi connectivity index (χ1n) is 7.54. The summed E-state index contributed by atoms with van der Waals surface area (Å²) in [7, 11) is 0. The number of nitrogen functional groups attached to an aromatic ring is 1. The molecule has 21 heavy (non-hydrogen) atoms. The van der Waals surface area contributed by atoms with Crippen molar-refractivity contribution in [1.29, 1.82) is 0 Å². The Morgan fingerprint density at radius 1 is 1.38 bits per heavy atom. The number of anilines is 2. The van der Waals surface area contributed by atoms with Gasteiger partial charge < -0.3 is 16.2 Å². The van der Waals surface area contributed by atoms with E-state index in [9.17, 15) is 5.11 Å². The third kappa shape index (κ3) is 3.08. The van der Waals surface area contributed by atoms with Gasteiger partial charge in [-0.05, 0) is 30.9 Å². The fraction of sp³-hybridized carbons (Fsp3) is 0.500. The van der Waals surface area contributed by atoms with Gasteiger partial charge in [0.1, 0.15) is 5.82 Å².